The molecular weight excluding hydrogens is 275 g/mol. The molecule has 0 bridgehead atoms. The topological polar surface area (TPSA) is 46.2 Å². The second-order valence-electron chi connectivity index (χ2n) is 4.48. The first-order valence-corrected chi connectivity index (χ1v) is 7.73. The summed E-state index contributed by atoms with van der Waals surface area (Å²) in [5, 5.41) is 2.69. The Morgan fingerprint density at radius 3 is 2.06 bits per heavy atom. The Kier molecular flexibility index (Phi) is 6.30. The first-order chi connectivity index (χ1) is 7.46. The van der Waals surface area contributed by atoms with Crippen molar-refractivity contribution in [2.24, 2.45) is 0 Å². The van der Waals surface area contributed by atoms with Gasteiger partial charge in [-0.3, -0.25) is 0 Å². The molecule has 17 heavy (non-hydrogen) atoms. The van der Waals surface area contributed by atoms with Crippen molar-refractivity contribution in [3.8, 4) is 0 Å². The lowest BCUT2D eigenvalue weighted by molar-refractivity contribution is -0.0327. The summed E-state index contributed by atoms with van der Waals surface area (Å²) >= 11 is -0.115. The second-order valence-corrected chi connectivity index (χ2v) is 8.50. The van der Waals surface area contributed by atoms with Gasteiger partial charge in [0.05, 0.1) is 10.5 Å². The van der Waals surface area contributed by atoms with Crippen LogP contribution < -0.4 is 5.32 Å². The molecule has 0 spiro atoms. The summed E-state index contributed by atoms with van der Waals surface area (Å²) in [5.74, 6) is -0.174. The lowest BCUT2D eigenvalue weighted by Gasteiger charge is -2.19. The van der Waals surface area contributed by atoms with Gasteiger partial charge in [-0.15, -0.1) is 0 Å². The summed E-state index contributed by atoms with van der Waals surface area (Å²) in [4.78, 5) is 0. The molecule has 0 aliphatic rings. The van der Waals surface area contributed by atoms with Crippen molar-refractivity contribution >= 4 is 21.6 Å². The average Bonchev–Trinajstić information content (AvgIpc) is 2.07. The molecule has 3 nitrogen and oxygen atoms in total. The van der Waals surface area contributed by atoms with E-state index < -0.39 is 20.1 Å². The highest BCUT2D eigenvalue weighted by Gasteiger charge is 2.29. The zero-order chi connectivity index (χ0) is 13.7. The SMILES string of the molecule is CC(C)(C)S(=O)(=O)CCNCCSC(F)(F)F. The fourth-order valence-electron chi connectivity index (χ4n) is 0.877. The van der Waals surface area contributed by atoms with Gasteiger partial charge in [-0.1, -0.05) is 0 Å². The standard InChI is InChI=1S/C9H18F3NO2S2/c1-8(2,3)17(14,15)7-5-13-4-6-16-9(10,11)12/h13H,4-7H2,1-3H3. The monoisotopic (exact) mass is 293 g/mol. The van der Waals surface area contributed by atoms with Gasteiger partial charge in [-0.05, 0) is 32.5 Å². The van der Waals surface area contributed by atoms with Gasteiger partial charge < -0.3 is 5.32 Å². The third kappa shape index (κ3) is 7.88. The molecule has 104 valence electrons. The number of sulfone groups is 1. The molecule has 0 rings (SSSR count). The Morgan fingerprint density at radius 2 is 1.65 bits per heavy atom. The minimum atomic E-state index is -4.22. The maximum absolute atomic E-state index is 11.7. The molecule has 0 atom stereocenters. The second kappa shape index (κ2) is 6.29. The molecule has 0 heterocycles. The molecule has 0 saturated heterocycles. The van der Waals surface area contributed by atoms with E-state index in [0.717, 1.165) is 0 Å². The molecule has 0 aromatic heterocycles. The van der Waals surface area contributed by atoms with E-state index >= 15 is 0 Å². The van der Waals surface area contributed by atoms with Gasteiger partial charge >= 0.3 is 5.51 Å². The van der Waals surface area contributed by atoms with Gasteiger partial charge in [0.25, 0.3) is 0 Å². The summed E-state index contributed by atoms with van der Waals surface area (Å²) in [7, 11) is -3.20. The van der Waals surface area contributed by atoms with Crippen LogP contribution in [0.1, 0.15) is 20.8 Å². The van der Waals surface area contributed by atoms with E-state index in [4.69, 9.17) is 0 Å². The summed E-state index contributed by atoms with van der Waals surface area (Å²) in [6, 6.07) is 0. The number of nitrogens with one attached hydrogen (secondary N) is 1. The summed E-state index contributed by atoms with van der Waals surface area (Å²) in [5.41, 5.74) is -4.22. The van der Waals surface area contributed by atoms with Gasteiger partial charge in [-0.25, -0.2) is 8.42 Å². The quantitative estimate of drug-likeness (QED) is 0.761. The van der Waals surface area contributed by atoms with E-state index in [1.165, 1.54) is 0 Å². The molecule has 1 N–H and O–H groups in total. The Balaban J connectivity index is 3.74. The van der Waals surface area contributed by atoms with Crippen LogP contribution >= 0.6 is 11.8 Å². The van der Waals surface area contributed by atoms with Crippen molar-refractivity contribution in [1.82, 2.24) is 5.32 Å². The van der Waals surface area contributed by atoms with Gasteiger partial charge in [0, 0.05) is 18.8 Å². The highest BCUT2D eigenvalue weighted by molar-refractivity contribution is 8.00. The van der Waals surface area contributed by atoms with Crippen LogP contribution in [-0.4, -0.2) is 43.3 Å². The summed E-state index contributed by atoms with van der Waals surface area (Å²) < 4.78 is 57.7. The molecule has 0 aromatic rings. The number of hydrogen-bond donors (Lipinski definition) is 1. The van der Waals surface area contributed by atoms with Crippen molar-refractivity contribution in [1.29, 1.82) is 0 Å². The number of halogens is 3. The maximum atomic E-state index is 11.7. The molecule has 0 aromatic carbocycles. The van der Waals surface area contributed by atoms with Crippen molar-refractivity contribution in [2.75, 3.05) is 24.6 Å². The van der Waals surface area contributed by atoms with Crippen LogP contribution in [0.3, 0.4) is 0 Å². The lowest BCUT2D eigenvalue weighted by Crippen LogP contribution is -2.35. The smallest absolute Gasteiger partial charge is 0.315 e. The predicted molar refractivity (Wildman–Crippen MR) is 64.9 cm³/mol. The molecule has 0 fully saturated rings. The van der Waals surface area contributed by atoms with Crippen LogP contribution in [0.4, 0.5) is 13.2 Å². The van der Waals surface area contributed by atoms with E-state index in [-0.39, 0.29) is 36.4 Å². The lowest BCUT2D eigenvalue weighted by atomic mass is 10.3. The average molecular weight is 293 g/mol. The third-order valence-electron chi connectivity index (χ3n) is 2.03. The van der Waals surface area contributed by atoms with E-state index in [1.807, 2.05) is 0 Å². The number of thioether (sulfide) groups is 1. The predicted octanol–water partition coefficient (Wildman–Crippen LogP) is 2.04. The molecule has 0 unspecified atom stereocenters. The minimum absolute atomic E-state index is 0.0623. The van der Waals surface area contributed by atoms with Crippen LogP contribution in [0.25, 0.3) is 0 Å². The Labute approximate surface area is 104 Å². The summed E-state index contributed by atoms with van der Waals surface area (Å²) in [6.45, 7) is 5.12. The van der Waals surface area contributed by atoms with E-state index in [0.29, 0.717) is 0 Å². The first kappa shape index (κ1) is 17.1. The fraction of sp³-hybridized carbons (Fsp3) is 1.00. The zero-order valence-corrected chi connectivity index (χ0v) is 11.7. The molecular formula is C9H18F3NO2S2. The third-order valence-corrected chi connectivity index (χ3v) is 5.37. The molecule has 0 amide bonds. The van der Waals surface area contributed by atoms with Crippen LogP contribution in [0.15, 0.2) is 0 Å². The van der Waals surface area contributed by atoms with Gasteiger partial charge in [0.1, 0.15) is 0 Å². The summed E-state index contributed by atoms with van der Waals surface area (Å²) in [6.07, 6.45) is 0. The Bertz CT molecular complexity index is 320. The largest absolute Gasteiger partial charge is 0.441 e. The molecule has 8 heteroatoms. The van der Waals surface area contributed by atoms with Crippen LogP contribution in [0.5, 0.6) is 0 Å². The van der Waals surface area contributed by atoms with Gasteiger partial charge in [-0.2, -0.15) is 13.2 Å². The normalized spacial score (nSPS) is 14.0. The highest BCUT2D eigenvalue weighted by Crippen LogP contribution is 2.29. The minimum Gasteiger partial charge on any atom is -0.315 e. The molecule has 0 aliphatic carbocycles. The number of alkyl halides is 3. The van der Waals surface area contributed by atoms with E-state index in [1.54, 1.807) is 20.8 Å². The fourth-order valence-corrected chi connectivity index (χ4v) is 2.38. The van der Waals surface area contributed by atoms with E-state index in [9.17, 15) is 21.6 Å². The molecule has 0 aliphatic heterocycles. The first-order valence-electron chi connectivity index (χ1n) is 5.09. The molecule has 0 radical (unpaired) electrons. The highest BCUT2D eigenvalue weighted by atomic mass is 32.2. The number of rotatable bonds is 6. The Morgan fingerprint density at radius 1 is 1.12 bits per heavy atom. The van der Waals surface area contributed by atoms with E-state index in [2.05, 4.69) is 5.32 Å². The van der Waals surface area contributed by atoms with Gasteiger partial charge in [0.15, 0.2) is 9.84 Å². The Hall–Kier alpha value is 0.0500. The van der Waals surface area contributed by atoms with Crippen molar-refractivity contribution in [3.05, 3.63) is 0 Å². The van der Waals surface area contributed by atoms with Crippen LogP contribution in [-0.2, 0) is 9.84 Å². The van der Waals surface area contributed by atoms with Crippen LogP contribution in [0.2, 0.25) is 0 Å². The van der Waals surface area contributed by atoms with Crippen molar-refractivity contribution < 1.29 is 21.6 Å². The van der Waals surface area contributed by atoms with Gasteiger partial charge in [0.2, 0.25) is 0 Å². The van der Waals surface area contributed by atoms with Crippen LogP contribution in [0, 0.1) is 0 Å². The van der Waals surface area contributed by atoms with Crippen molar-refractivity contribution in [2.45, 2.75) is 31.0 Å². The maximum Gasteiger partial charge on any atom is 0.441 e. The van der Waals surface area contributed by atoms with Crippen molar-refractivity contribution in [3.63, 3.8) is 0 Å². The molecule has 0 saturated carbocycles. The zero-order valence-electron chi connectivity index (χ0n) is 10.1. The number of hydrogen-bond acceptors (Lipinski definition) is 4.